The molecular weight excluding hydrogens is 441 g/mol. The molecule has 2 fully saturated rings. The number of sulfonamides is 1. The smallest absolute Gasteiger partial charge is 0.261 e. The molecule has 8 heteroatoms. The minimum atomic E-state index is -3.90. The third-order valence-electron chi connectivity index (χ3n) is 6.69. The molecule has 2 saturated heterocycles. The number of piperidine rings is 2. The first-order chi connectivity index (χ1) is 15.8. The quantitative estimate of drug-likeness (QED) is 0.682. The fraction of sp³-hybridized carbons (Fsp3) is 0.480. The Kier molecular flexibility index (Phi) is 7.34. The van der Waals surface area contributed by atoms with E-state index in [0.29, 0.717) is 24.6 Å². The van der Waals surface area contributed by atoms with Crippen LogP contribution in [-0.4, -0.2) is 56.8 Å². The summed E-state index contributed by atoms with van der Waals surface area (Å²) in [6, 6.07) is 11.2. The minimum absolute atomic E-state index is 0.00803. The Labute approximate surface area is 195 Å². The predicted molar refractivity (Wildman–Crippen MR) is 127 cm³/mol. The number of nitrogens with one attached hydrogen (secondary N) is 1. The van der Waals surface area contributed by atoms with Gasteiger partial charge in [-0.3, -0.25) is 9.52 Å². The number of halogens is 1. The third kappa shape index (κ3) is 6.12. The number of hydrogen-bond acceptors (Lipinski definition) is 4. The number of hydrogen-bond donors (Lipinski definition) is 1. The molecular formula is C25H32FN3O3S. The molecule has 0 radical (unpaired) electrons. The highest BCUT2D eigenvalue weighted by Gasteiger charge is 2.27. The van der Waals surface area contributed by atoms with Gasteiger partial charge in [-0.1, -0.05) is 13.0 Å². The van der Waals surface area contributed by atoms with Crippen molar-refractivity contribution in [3.05, 3.63) is 59.9 Å². The summed E-state index contributed by atoms with van der Waals surface area (Å²) in [5.41, 5.74) is 0.628. The van der Waals surface area contributed by atoms with Crippen molar-refractivity contribution in [3.63, 3.8) is 0 Å². The summed E-state index contributed by atoms with van der Waals surface area (Å²) in [4.78, 5) is 17.6. The van der Waals surface area contributed by atoms with Crippen molar-refractivity contribution in [3.8, 4) is 0 Å². The lowest BCUT2D eigenvalue weighted by atomic mass is 9.94. The van der Waals surface area contributed by atoms with Crippen LogP contribution in [0.4, 0.5) is 10.1 Å². The minimum Gasteiger partial charge on any atom is -0.338 e. The van der Waals surface area contributed by atoms with Crippen molar-refractivity contribution >= 4 is 21.6 Å². The van der Waals surface area contributed by atoms with Gasteiger partial charge in [-0.25, -0.2) is 12.8 Å². The maximum atomic E-state index is 13.2. The molecule has 1 N–H and O–H groups in total. The number of likely N-dealkylation sites (tertiary alicyclic amines) is 2. The van der Waals surface area contributed by atoms with Gasteiger partial charge in [0, 0.05) is 30.9 Å². The van der Waals surface area contributed by atoms with Gasteiger partial charge < -0.3 is 9.80 Å². The number of benzene rings is 2. The van der Waals surface area contributed by atoms with Crippen LogP contribution in [0.2, 0.25) is 0 Å². The second-order valence-electron chi connectivity index (χ2n) is 9.38. The van der Waals surface area contributed by atoms with Crippen LogP contribution < -0.4 is 4.72 Å². The van der Waals surface area contributed by atoms with Gasteiger partial charge >= 0.3 is 0 Å². The summed E-state index contributed by atoms with van der Waals surface area (Å²) in [6.45, 7) is 6.99. The molecule has 6 nitrogen and oxygen atoms in total. The Balaban J connectivity index is 1.41. The molecule has 1 atom stereocenters. The number of rotatable bonds is 6. The molecule has 0 saturated carbocycles. The second-order valence-corrected chi connectivity index (χ2v) is 11.1. The number of carbonyl (C=O) groups is 1. The molecule has 178 valence electrons. The highest BCUT2D eigenvalue weighted by molar-refractivity contribution is 7.92. The first-order valence-electron chi connectivity index (χ1n) is 11.7. The zero-order valence-corrected chi connectivity index (χ0v) is 19.9. The van der Waals surface area contributed by atoms with E-state index in [2.05, 4.69) is 16.5 Å². The summed E-state index contributed by atoms with van der Waals surface area (Å²) >= 11 is 0. The second kappa shape index (κ2) is 10.2. The number of carbonyl (C=O) groups excluding carboxylic acids is 1. The lowest BCUT2D eigenvalue weighted by Gasteiger charge is -2.38. The molecule has 2 aromatic carbocycles. The molecule has 0 bridgehead atoms. The standard InChI is InChI=1S/C25H32FN3O3S/c1-19-11-14-28(15-12-19)17-20-4-3-13-29(18-20)25(30)21-5-2-6-24(16-21)33(31,32)27-23-9-7-22(26)8-10-23/h2,5-10,16,19-20,27H,3-4,11-15,17-18H2,1H3. The molecule has 2 aliphatic rings. The molecule has 2 heterocycles. The summed E-state index contributed by atoms with van der Waals surface area (Å²) < 4.78 is 41.1. The van der Waals surface area contributed by atoms with Crippen molar-refractivity contribution in [2.75, 3.05) is 37.4 Å². The van der Waals surface area contributed by atoms with Crippen LogP contribution in [0, 0.1) is 17.7 Å². The van der Waals surface area contributed by atoms with Crippen molar-refractivity contribution < 1.29 is 17.6 Å². The van der Waals surface area contributed by atoms with Crippen LogP contribution in [0.5, 0.6) is 0 Å². The number of amides is 1. The van der Waals surface area contributed by atoms with Crippen molar-refractivity contribution in [2.24, 2.45) is 11.8 Å². The Morgan fingerprint density at radius 1 is 1.06 bits per heavy atom. The van der Waals surface area contributed by atoms with Crippen LogP contribution in [0.25, 0.3) is 0 Å². The van der Waals surface area contributed by atoms with Crippen molar-refractivity contribution in [1.29, 1.82) is 0 Å². The summed E-state index contributed by atoms with van der Waals surface area (Å²) in [5, 5.41) is 0. The maximum Gasteiger partial charge on any atom is 0.261 e. The fourth-order valence-corrected chi connectivity index (χ4v) is 5.82. The van der Waals surface area contributed by atoms with Crippen LogP contribution in [0.1, 0.15) is 43.0 Å². The van der Waals surface area contributed by atoms with Gasteiger partial charge in [-0.15, -0.1) is 0 Å². The maximum absolute atomic E-state index is 13.2. The molecule has 4 rings (SSSR count). The summed E-state index contributed by atoms with van der Waals surface area (Å²) in [5.74, 6) is 0.668. The Morgan fingerprint density at radius 3 is 2.52 bits per heavy atom. The molecule has 0 aliphatic carbocycles. The van der Waals surface area contributed by atoms with Gasteiger partial charge in [0.25, 0.3) is 15.9 Å². The van der Waals surface area contributed by atoms with Gasteiger partial charge in [0.2, 0.25) is 0 Å². The van der Waals surface area contributed by atoms with E-state index in [1.165, 1.54) is 49.2 Å². The van der Waals surface area contributed by atoms with E-state index in [1.807, 2.05) is 4.90 Å². The van der Waals surface area contributed by atoms with E-state index >= 15 is 0 Å². The average molecular weight is 474 g/mol. The predicted octanol–water partition coefficient (Wildman–Crippen LogP) is 4.21. The van der Waals surface area contributed by atoms with Gasteiger partial charge in [0.05, 0.1) is 4.90 Å². The first kappa shape index (κ1) is 23.7. The highest BCUT2D eigenvalue weighted by Crippen LogP contribution is 2.24. The molecule has 0 spiro atoms. The van der Waals surface area contributed by atoms with Crippen molar-refractivity contribution in [2.45, 2.75) is 37.5 Å². The van der Waals surface area contributed by atoms with Gasteiger partial charge in [-0.05, 0) is 93.1 Å². The zero-order valence-electron chi connectivity index (χ0n) is 19.0. The fourth-order valence-electron chi connectivity index (χ4n) is 4.72. The number of anilines is 1. The first-order valence-corrected chi connectivity index (χ1v) is 13.2. The van der Waals surface area contributed by atoms with Crippen LogP contribution in [-0.2, 0) is 10.0 Å². The average Bonchev–Trinajstić information content (AvgIpc) is 2.82. The van der Waals surface area contributed by atoms with Gasteiger partial charge in [-0.2, -0.15) is 0 Å². The lowest BCUT2D eigenvalue weighted by Crippen LogP contribution is -2.45. The Morgan fingerprint density at radius 2 is 1.79 bits per heavy atom. The van der Waals surface area contributed by atoms with E-state index in [4.69, 9.17) is 0 Å². The van der Waals surface area contributed by atoms with E-state index in [-0.39, 0.29) is 16.5 Å². The van der Waals surface area contributed by atoms with Crippen molar-refractivity contribution in [1.82, 2.24) is 9.80 Å². The Hall–Kier alpha value is -2.45. The molecule has 1 unspecified atom stereocenters. The highest BCUT2D eigenvalue weighted by atomic mass is 32.2. The van der Waals surface area contributed by atoms with Crippen LogP contribution >= 0.6 is 0 Å². The monoisotopic (exact) mass is 473 g/mol. The van der Waals surface area contributed by atoms with Gasteiger partial charge in [0.1, 0.15) is 5.82 Å². The zero-order chi connectivity index (χ0) is 23.4. The van der Waals surface area contributed by atoms with Crippen LogP contribution in [0.3, 0.4) is 0 Å². The summed E-state index contributed by atoms with van der Waals surface area (Å²) in [7, 11) is -3.90. The van der Waals surface area contributed by atoms with E-state index in [0.717, 1.165) is 38.4 Å². The molecule has 2 aliphatic heterocycles. The molecule has 2 aromatic rings. The molecule has 33 heavy (non-hydrogen) atoms. The topological polar surface area (TPSA) is 69.7 Å². The number of nitrogens with zero attached hydrogens (tertiary/aromatic N) is 2. The molecule has 0 aromatic heterocycles. The van der Waals surface area contributed by atoms with E-state index in [9.17, 15) is 17.6 Å². The molecule has 1 amide bonds. The van der Waals surface area contributed by atoms with E-state index < -0.39 is 15.8 Å². The Bertz CT molecular complexity index is 1070. The lowest BCUT2D eigenvalue weighted by molar-refractivity contribution is 0.0622. The van der Waals surface area contributed by atoms with E-state index in [1.54, 1.807) is 12.1 Å². The summed E-state index contributed by atoms with van der Waals surface area (Å²) in [6.07, 6.45) is 4.56. The van der Waals surface area contributed by atoms with Crippen LogP contribution in [0.15, 0.2) is 53.4 Å². The SMILES string of the molecule is CC1CCN(CC2CCCN(C(=O)c3cccc(S(=O)(=O)Nc4ccc(F)cc4)c3)C2)CC1. The third-order valence-corrected chi connectivity index (χ3v) is 8.07. The normalized spacial score (nSPS) is 20.5. The largest absolute Gasteiger partial charge is 0.338 e. The van der Waals surface area contributed by atoms with Gasteiger partial charge in [0.15, 0.2) is 0 Å².